The van der Waals surface area contributed by atoms with Crippen LogP contribution in [0.3, 0.4) is 0 Å². The summed E-state index contributed by atoms with van der Waals surface area (Å²) in [7, 11) is 0. The lowest BCUT2D eigenvalue weighted by Gasteiger charge is -2.16. The summed E-state index contributed by atoms with van der Waals surface area (Å²) in [4.78, 5) is 12.5. The van der Waals surface area contributed by atoms with Gasteiger partial charge in [-0.25, -0.2) is 4.39 Å². The Hall–Kier alpha value is -2.68. The van der Waals surface area contributed by atoms with E-state index in [1.54, 1.807) is 31.2 Å². The first-order valence-corrected chi connectivity index (χ1v) is 7.20. The number of nitrogens with one attached hydrogen (secondary N) is 1. The zero-order valence-electron chi connectivity index (χ0n) is 12.2. The predicted molar refractivity (Wildman–Crippen MR) is 86.2 cm³/mol. The Morgan fingerprint density at radius 1 is 0.955 bits per heavy atom. The normalized spacial score (nSPS) is 12.1. The monoisotopic (exact) mass is 293 g/mol. The minimum Gasteiger partial charge on any atom is -0.345 e. The van der Waals surface area contributed by atoms with E-state index in [9.17, 15) is 9.18 Å². The highest BCUT2D eigenvalue weighted by Crippen LogP contribution is 2.21. The number of hydrogen-bond donors (Lipinski definition) is 1. The van der Waals surface area contributed by atoms with Crippen molar-refractivity contribution < 1.29 is 9.18 Å². The maximum Gasteiger partial charge on any atom is 0.252 e. The van der Waals surface area contributed by atoms with Crippen LogP contribution in [0.2, 0.25) is 0 Å². The third kappa shape index (κ3) is 2.70. The number of halogens is 1. The molecule has 2 nitrogen and oxygen atoms in total. The SMILES string of the molecule is C[C@@H](NC(=O)c1cccc2ccccc12)c1ccccc1F. The summed E-state index contributed by atoms with van der Waals surface area (Å²) in [6, 6.07) is 19.4. The molecular formula is C19H16FNO. The van der Waals surface area contributed by atoms with Gasteiger partial charge in [-0.15, -0.1) is 0 Å². The minimum atomic E-state index is -0.396. The van der Waals surface area contributed by atoms with Crippen molar-refractivity contribution in [2.45, 2.75) is 13.0 Å². The van der Waals surface area contributed by atoms with Crippen LogP contribution >= 0.6 is 0 Å². The highest BCUT2D eigenvalue weighted by atomic mass is 19.1. The van der Waals surface area contributed by atoms with Gasteiger partial charge in [0.1, 0.15) is 5.82 Å². The van der Waals surface area contributed by atoms with Crippen LogP contribution in [-0.2, 0) is 0 Å². The quantitative estimate of drug-likeness (QED) is 0.758. The van der Waals surface area contributed by atoms with Crippen LogP contribution in [0.25, 0.3) is 10.8 Å². The number of hydrogen-bond acceptors (Lipinski definition) is 1. The molecule has 110 valence electrons. The fourth-order valence-electron chi connectivity index (χ4n) is 2.60. The molecule has 3 aromatic rings. The zero-order valence-corrected chi connectivity index (χ0v) is 12.2. The number of fused-ring (bicyclic) bond motifs is 1. The van der Waals surface area contributed by atoms with E-state index in [-0.39, 0.29) is 11.7 Å². The van der Waals surface area contributed by atoms with Crippen LogP contribution in [-0.4, -0.2) is 5.91 Å². The van der Waals surface area contributed by atoms with E-state index in [0.717, 1.165) is 10.8 Å². The van der Waals surface area contributed by atoms with Gasteiger partial charge in [0.2, 0.25) is 0 Å². The largest absolute Gasteiger partial charge is 0.345 e. The average Bonchev–Trinajstić information content (AvgIpc) is 2.54. The van der Waals surface area contributed by atoms with Crippen molar-refractivity contribution in [3.63, 3.8) is 0 Å². The Balaban J connectivity index is 1.89. The Labute approximate surface area is 128 Å². The molecular weight excluding hydrogens is 277 g/mol. The molecule has 0 radical (unpaired) electrons. The van der Waals surface area contributed by atoms with Gasteiger partial charge in [0.25, 0.3) is 5.91 Å². The lowest BCUT2D eigenvalue weighted by atomic mass is 10.0. The number of rotatable bonds is 3. The molecule has 0 aromatic heterocycles. The van der Waals surface area contributed by atoms with E-state index < -0.39 is 6.04 Å². The predicted octanol–water partition coefficient (Wildman–Crippen LogP) is 4.47. The third-order valence-corrected chi connectivity index (χ3v) is 3.75. The molecule has 0 unspecified atom stereocenters. The maximum atomic E-state index is 13.8. The van der Waals surface area contributed by atoms with Crippen molar-refractivity contribution in [2.24, 2.45) is 0 Å². The van der Waals surface area contributed by atoms with Crippen molar-refractivity contribution >= 4 is 16.7 Å². The average molecular weight is 293 g/mol. The molecule has 0 spiro atoms. The van der Waals surface area contributed by atoms with E-state index >= 15 is 0 Å². The summed E-state index contributed by atoms with van der Waals surface area (Å²) in [5.41, 5.74) is 1.08. The van der Waals surface area contributed by atoms with Crippen molar-refractivity contribution in [2.75, 3.05) is 0 Å². The molecule has 0 aliphatic heterocycles. The molecule has 1 N–H and O–H groups in total. The van der Waals surface area contributed by atoms with Gasteiger partial charge in [-0.1, -0.05) is 54.6 Å². The topological polar surface area (TPSA) is 29.1 Å². The molecule has 3 rings (SSSR count). The summed E-state index contributed by atoms with van der Waals surface area (Å²) in [5, 5.41) is 4.77. The molecule has 1 atom stereocenters. The van der Waals surface area contributed by atoms with Crippen molar-refractivity contribution in [1.29, 1.82) is 0 Å². The van der Waals surface area contributed by atoms with Gasteiger partial charge in [0.15, 0.2) is 0 Å². The van der Waals surface area contributed by atoms with Crippen LogP contribution in [0.4, 0.5) is 4.39 Å². The molecule has 1 amide bonds. The van der Waals surface area contributed by atoms with Gasteiger partial charge in [-0.2, -0.15) is 0 Å². The first-order chi connectivity index (χ1) is 10.7. The van der Waals surface area contributed by atoms with Gasteiger partial charge in [0, 0.05) is 11.1 Å². The molecule has 3 heteroatoms. The standard InChI is InChI=1S/C19H16FNO/c1-13(15-9-4-5-12-18(15)20)21-19(22)17-11-6-8-14-7-2-3-10-16(14)17/h2-13H,1H3,(H,21,22)/t13-/m1/s1. The summed E-state index contributed by atoms with van der Waals surface area (Å²) in [6.07, 6.45) is 0. The van der Waals surface area contributed by atoms with Gasteiger partial charge in [0.05, 0.1) is 6.04 Å². The highest BCUT2D eigenvalue weighted by molar-refractivity contribution is 6.07. The fraction of sp³-hybridized carbons (Fsp3) is 0.105. The second-order valence-corrected chi connectivity index (χ2v) is 5.24. The molecule has 0 aliphatic rings. The number of carbonyl (C=O) groups excluding carboxylic acids is 1. The van der Waals surface area contributed by atoms with Gasteiger partial charge < -0.3 is 5.32 Å². The lowest BCUT2D eigenvalue weighted by molar-refractivity contribution is 0.0941. The first kappa shape index (κ1) is 14.3. The summed E-state index contributed by atoms with van der Waals surface area (Å²) < 4.78 is 13.8. The van der Waals surface area contributed by atoms with Crippen molar-refractivity contribution in [1.82, 2.24) is 5.32 Å². The van der Waals surface area contributed by atoms with E-state index in [1.165, 1.54) is 6.07 Å². The smallest absolute Gasteiger partial charge is 0.252 e. The van der Waals surface area contributed by atoms with E-state index in [2.05, 4.69) is 5.32 Å². The van der Waals surface area contributed by atoms with Gasteiger partial charge in [-0.3, -0.25) is 4.79 Å². The number of amides is 1. The zero-order chi connectivity index (χ0) is 15.5. The lowest BCUT2D eigenvalue weighted by Crippen LogP contribution is -2.27. The van der Waals surface area contributed by atoms with E-state index in [0.29, 0.717) is 11.1 Å². The molecule has 0 fully saturated rings. The van der Waals surface area contributed by atoms with Crippen LogP contribution in [0.15, 0.2) is 66.7 Å². The molecule has 0 bridgehead atoms. The third-order valence-electron chi connectivity index (χ3n) is 3.75. The number of benzene rings is 3. The Bertz CT molecular complexity index is 823. The number of carbonyl (C=O) groups is 1. The molecule has 0 saturated carbocycles. The first-order valence-electron chi connectivity index (χ1n) is 7.20. The second-order valence-electron chi connectivity index (χ2n) is 5.24. The summed E-state index contributed by atoms with van der Waals surface area (Å²) >= 11 is 0. The molecule has 0 saturated heterocycles. The molecule has 0 heterocycles. The Kier molecular flexibility index (Phi) is 3.88. The molecule has 0 aliphatic carbocycles. The molecule has 22 heavy (non-hydrogen) atoms. The summed E-state index contributed by atoms with van der Waals surface area (Å²) in [5.74, 6) is -0.513. The Morgan fingerprint density at radius 2 is 1.64 bits per heavy atom. The van der Waals surface area contributed by atoms with Gasteiger partial charge >= 0.3 is 0 Å². The van der Waals surface area contributed by atoms with E-state index in [4.69, 9.17) is 0 Å². The highest BCUT2D eigenvalue weighted by Gasteiger charge is 2.15. The minimum absolute atomic E-state index is 0.201. The van der Waals surface area contributed by atoms with Crippen molar-refractivity contribution in [3.05, 3.63) is 83.7 Å². The Morgan fingerprint density at radius 3 is 2.45 bits per heavy atom. The van der Waals surface area contributed by atoms with Crippen LogP contribution < -0.4 is 5.32 Å². The summed E-state index contributed by atoms with van der Waals surface area (Å²) in [6.45, 7) is 1.78. The van der Waals surface area contributed by atoms with Gasteiger partial charge in [-0.05, 0) is 29.8 Å². The molecule has 3 aromatic carbocycles. The fourth-order valence-corrected chi connectivity index (χ4v) is 2.60. The van der Waals surface area contributed by atoms with Crippen LogP contribution in [0.5, 0.6) is 0 Å². The second kappa shape index (κ2) is 5.98. The van der Waals surface area contributed by atoms with Crippen molar-refractivity contribution in [3.8, 4) is 0 Å². The van der Waals surface area contributed by atoms with E-state index in [1.807, 2.05) is 36.4 Å². The van der Waals surface area contributed by atoms with Crippen LogP contribution in [0.1, 0.15) is 28.9 Å². The maximum absolute atomic E-state index is 13.8. The van der Waals surface area contributed by atoms with Crippen LogP contribution in [0, 0.1) is 5.82 Å².